The molecule has 0 unspecified atom stereocenters. The van der Waals surface area contributed by atoms with Crippen LogP contribution in [0.5, 0.6) is 0 Å². The number of pyridine rings is 1. The summed E-state index contributed by atoms with van der Waals surface area (Å²) < 4.78 is 1.31. The monoisotopic (exact) mass is 236 g/mol. The van der Waals surface area contributed by atoms with Crippen LogP contribution in [-0.4, -0.2) is 11.5 Å². The first-order valence-electron chi connectivity index (χ1n) is 4.80. The SMILES string of the molecule is CCNc1cc(Sc2cccs2)ccn1. The Hall–Kier alpha value is -1.00. The number of hydrogen-bond acceptors (Lipinski definition) is 4. The van der Waals surface area contributed by atoms with Crippen molar-refractivity contribution < 1.29 is 0 Å². The van der Waals surface area contributed by atoms with Crippen molar-refractivity contribution >= 4 is 28.9 Å². The Balaban J connectivity index is 2.11. The van der Waals surface area contributed by atoms with E-state index in [9.17, 15) is 0 Å². The maximum Gasteiger partial charge on any atom is 0.126 e. The van der Waals surface area contributed by atoms with E-state index in [1.54, 1.807) is 23.1 Å². The molecular formula is C11H12N2S2. The van der Waals surface area contributed by atoms with Crippen molar-refractivity contribution in [3.05, 3.63) is 35.8 Å². The summed E-state index contributed by atoms with van der Waals surface area (Å²) in [6.45, 7) is 2.97. The lowest BCUT2D eigenvalue weighted by molar-refractivity contribution is 1.14. The molecule has 0 aliphatic rings. The second-order valence-corrected chi connectivity index (χ2v) is 5.26. The smallest absolute Gasteiger partial charge is 0.126 e. The molecule has 0 saturated carbocycles. The topological polar surface area (TPSA) is 24.9 Å². The number of thiophene rings is 1. The Bertz CT molecular complexity index is 412. The zero-order chi connectivity index (χ0) is 10.5. The van der Waals surface area contributed by atoms with Crippen LogP contribution in [0.1, 0.15) is 6.92 Å². The zero-order valence-electron chi connectivity index (χ0n) is 8.43. The molecule has 0 fully saturated rings. The summed E-state index contributed by atoms with van der Waals surface area (Å²) in [6.07, 6.45) is 1.84. The summed E-state index contributed by atoms with van der Waals surface area (Å²) in [6, 6.07) is 8.31. The van der Waals surface area contributed by atoms with Gasteiger partial charge in [-0.15, -0.1) is 11.3 Å². The maximum atomic E-state index is 4.24. The molecule has 78 valence electrons. The number of aromatic nitrogens is 1. The standard InChI is InChI=1S/C11H12N2S2/c1-2-12-10-8-9(5-6-13-10)15-11-4-3-7-14-11/h3-8H,2H2,1H3,(H,12,13). The third kappa shape index (κ3) is 2.97. The maximum absolute atomic E-state index is 4.24. The van der Waals surface area contributed by atoms with E-state index < -0.39 is 0 Å². The average Bonchev–Trinajstić information content (AvgIpc) is 2.71. The molecule has 2 rings (SSSR count). The largest absolute Gasteiger partial charge is 0.370 e. The van der Waals surface area contributed by atoms with Crippen LogP contribution in [0.15, 0.2) is 44.9 Å². The predicted octanol–water partition coefficient (Wildman–Crippen LogP) is 3.73. The first-order valence-corrected chi connectivity index (χ1v) is 6.49. The van der Waals surface area contributed by atoms with Crippen molar-refractivity contribution in [3.8, 4) is 0 Å². The van der Waals surface area contributed by atoms with Gasteiger partial charge in [0.15, 0.2) is 0 Å². The molecule has 1 N–H and O–H groups in total. The van der Waals surface area contributed by atoms with Gasteiger partial charge in [-0.05, 0) is 30.5 Å². The van der Waals surface area contributed by atoms with Gasteiger partial charge in [0.1, 0.15) is 5.82 Å². The number of nitrogens with one attached hydrogen (secondary N) is 1. The van der Waals surface area contributed by atoms with Crippen molar-refractivity contribution in [1.82, 2.24) is 4.98 Å². The molecule has 0 aliphatic carbocycles. The van der Waals surface area contributed by atoms with E-state index in [-0.39, 0.29) is 0 Å². The van der Waals surface area contributed by atoms with Crippen LogP contribution in [0.2, 0.25) is 0 Å². The Labute approximate surface area is 97.8 Å². The minimum absolute atomic E-state index is 0.903. The Morgan fingerprint density at radius 1 is 1.47 bits per heavy atom. The van der Waals surface area contributed by atoms with Gasteiger partial charge >= 0.3 is 0 Å². The molecule has 2 nitrogen and oxygen atoms in total. The molecule has 0 saturated heterocycles. The molecule has 2 aromatic heterocycles. The Morgan fingerprint density at radius 2 is 2.40 bits per heavy atom. The molecule has 15 heavy (non-hydrogen) atoms. The van der Waals surface area contributed by atoms with Gasteiger partial charge in [-0.2, -0.15) is 0 Å². The average molecular weight is 236 g/mol. The van der Waals surface area contributed by atoms with E-state index in [1.807, 2.05) is 12.3 Å². The second kappa shape index (κ2) is 5.19. The van der Waals surface area contributed by atoms with E-state index in [0.29, 0.717) is 0 Å². The molecule has 0 aromatic carbocycles. The second-order valence-electron chi connectivity index (χ2n) is 2.94. The van der Waals surface area contributed by atoms with Gasteiger partial charge in [-0.25, -0.2) is 4.98 Å². The summed E-state index contributed by atoms with van der Waals surface area (Å²) in [7, 11) is 0. The van der Waals surface area contributed by atoms with Crippen LogP contribution in [0.4, 0.5) is 5.82 Å². The first-order chi connectivity index (χ1) is 7.38. The van der Waals surface area contributed by atoms with E-state index in [0.717, 1.165) is 12.4 Å². The third-order valence-corrected chi connectivity index (χ3v) is 3.83. The van der Waals surface area contributed by atoms with Gasteiger partial charge in [-0.3, -0.25) is 0 Å². The quantitative estimate of drug-likeness (QED) is 0.875. The molecule has 0 bridgehead atoms. The van der Waals surface area contributed by atoms with E-state index >= 15 is 0 Å². The number of anilines is 1. The van der Waals surface area contributed by atoms with Crippen LogP contribution in [0, 0.1) is 0 Å². The van der Waals surface area contributed by atoms with Crippen molar-refractivity contribution in [2.75, 3.05) is 11.9 Å². The molecule has 0 aliphatic heterocycles. The highest BCUT2D eigenvalue weighted by molar-refractivity contribution is 8.01. The van der Waals surface area contributed by atoms with E-state index in [1.165, 1.54) is 9.10 Å². The summed E-state index contributed by atoms with van der Waals surface area (Å²) in [5.74, 6) is 0.944. The van der Waals surface area contributed by atoms with Crippen molar-refractivity contribution in [2.45, 2.75) is 16.0 Å². The van der Waals surface area contributed by atoms with Gasteiger partial charge < -0.3 is 5.32 Å². The highest BCUT2D eigenvalue weighted by Gasteiger charge is 1.99. The van der Waals surface area contributed by atoms with E-state index in [4.69, 9.17) is 0 Å². The minimum atomic E-state index is 0.903. The molecule has 2 heterocycles. The Morgan fingerprint density at radius 3 is 3.13 bits per heavy atom. The first kappa shape index (κ1) is 10.5. The molecular weight excluding hydrogens is 224 g/mol. The van der Waals surface area contributed by atoms with Gasteiger partial charge in [0.25, 0.3) is 0 Å². The fourth-order valence-corrected chi connectivity index (χ4v) is 2.96. The highest BCUT2D eigenvalue weighted by Crippen LogP contribution is 2.31. The minimum Gasteiger partial charge on any atom is -0.370 e. The van der Waals surface area contributed by atoms with Gasteiger partial charge in [0.05, 0.1) is 4.21 Å². The predicted molar refractivity (Wildman–Crippen MR) is 66.8 cm³/mol. The molecule has 2 aromatic rings. The van der Waals surface area contributed by atoms with Crippen molar-refractivity contribution in [1.29, 1.82) is 0 Å². The fourth-order valence-electron chi connectivity index (χ4n) is 1.19. The summed E-state index contributed by atoms with van der Waals surface area (Å²) in [5, 5.41) is 5.30. The van der Waals surface area contributed by atoms with Crippen LogP contribution in [-0.2, 0) is 0 Å². The molecule has 0 amide bonds. The van der Waals surface area contributed by atoms with Crippen LogP contribution in [0.3, 0.4) is 0 Å². The lowest BCUT2D eigenvalue weighted by atomic mass is 10.4. The van der Waals surface area contributed by atoms with Gasteiger partial charge in [0, 0.05) is 17.6 Å². The van der Waals surface area contributed by atoms with Crippen LogP contribution < -0.4 is 5.32 Å². The van der Waals surface area contributed by atoms with Crippen molar-refractivity contribution in [3.63, 3.8) is 0 Å². The van der Waals surface area contributed by atoms with Gasteiger partial charge in [-0.1, -0.05) is 17.8 Å². The van der Waals surface area contributed by atoms with Crippen molar-refractivity contribution in [2.24, 2.45) is 0 Å². The molecule has 0 spiro atoms. The van der Waals surface area contributed by atoms with Crippen LogP contribution >= 0.6 is 23.1 Å². The molecule has 0 radical (unpaired) electrons. The number of hydrogen-bond donors (Lipinski definition) is 1. The number of nitrogens with zero attached hydrogens (tertiary/aromatic N) is 1. The normalized spacial score (nSPS) is 10.2. The third-order valence-electron chi connectivity index (χ3n) is 1.80. The molecule has 0 atom stereocenters. The summed E-state index contributed by atoms with van der Waals surface area (Å²) in [5.41, 5.74) is 0. The highest BCUT2D eigenvalue weighted by atomic mass is 32.2. The van der Waals surface area contributed by atoms with E-state index in [2.05, 4.69) is 40.8 Å². The lowest BCUT2D eigenvalue weighted by Crippen LogP contribution is -1.98. The lowest BCUT2D eigenvalue weighted by Gasteiger charge is -2.03. The molecule has 4 heteroatoms. The van der Waals surface area contributed by atoms with Gasteiger partial charge in [0.2, 0.25) is 0 Å². The Kier molecular flexibility index (Phi) is 3.64. The zero-order valence-corrected chi connectivity index (χ0v) is 10.1. The number of rotatable bonds is 4. The van der Waals surface area contributed by atoms with Crippen LogP contribution in [0.25, 0.3) is 0 Å². The summed E-state index contributed by atoms with van der Waals surface area (Å²) in [4.78, 5) is 5.46. The summed E-state index contributed by atoms with van der Waals surface area (Å²) >= 11 is 3.53. The fraction of sp³-hybridized carbons (Fsp3) is 0.182.